The van der Waals surface area contributed by atoms with Gasteiger partial charge in [-0.2, -0.15) is 35.1 Å². The van der Waals surface area contributed by atoms with Gasteiger partial charge in [0.2, 0.25) is 0 Å². The topological polar surface area (TPSA) is 26.3 Å². The number of halogens is 12. The van der Waals surface area contributed by atoms with Crippen LogP contribution in [0.1, 0.15) is 5.56 Å². The molecule has 184 valence electrons. The Balaban J connectivity index is 2.58. The van der Waals surface area contributed by atoms with Crippen LogP contribution in [-0.2, 0) is 10.8 Å². The summed E-state index contributed by atoms with van der Waals surface area (Å²) in [5.41, 5.74) is -2.10. The number of hydrogen-bond donors (Lipinski definition) is 0. The minimum absolute atomic E-state index is 0.207. The molecule has 2 aromatic rings. The molecule has 2 rings (SSSR count). The molecule has 15 heteroatoms. The highest BCUT2D eigenvalue weighted by atomic mass is 35.5. The number of aryl methyl sites for hydroxylation is 1. The molecule has 0 saturated heterocycles. The SMILES string of the molecule is Cc1cc(F)c(-c2cc(OC(F)(F)C(F)C(F)(F)F)c(Cl)cc2F)cc1S(=O)CC(F)(F)F. The van der Waals surface area contributed by atoms with Crippen molar-refractivity contribution in [2.24, 2.45) is 0 Å². The standard InChI is InChI=1S/C18H10ClF11O2S/c1-7-2-11(20)9(4-14(7)33(31)6-16(23,24)25)8-3-13(10(19)5-12(8)21)32-18(29,30)15(22)17(26,27)28/h2-5,15H,6H2,1H3. The van der Waals surface area contributed by atoms with Crippen LogP contribution in [0.4, 0.5) is 48.3 Å². The predicted molar refractivity (Wildman–Crippen MR) is 95.4 cm³/mol. The van der Waals surface area contributed by atoms with Crippen molar-refractivity contribution < 1.29 is 57.2 Å². The normalized spacial score (nSPS) is 14.8. The van der Waals surface area contributed by atoms with E-state index in [9.17, 15) is 52.5 Å². The summed E-state index contributed by atoms with van der Waals surface area (Å²) in [6, 6.07) is 1.57. The number of hydrogen-bond acceptors (Lipinski definition) is 2. The van der Waals surface area contributed by atoms with Crippen LogP contribution < -0.4 is 4.74 Å². The summed E-state index contributed by atoms with van der Waals surface area (Å²) in [5.74, 6) is -5.97. The van der Waals surface area contributed by atoms with Crippen molar-refractivity contribution >= 4 is 22.4 Å². The van der Waals surface area contributed by atoms with Gasteiger partial charge in [0.15, 0.2) is 0 Å². The predicted octanol–water partition coefficient (Wildman–Crippen LogP) is 7.14. The van der Waals surface area contributed by atoms with E-state index in [2.05, 4.69) is 4.74 Å². The molecule has 0 aliphatic rings. The molecule has 2 aromatic carbocycles. The molecule has 0 N–H and O–H groups in total. The molecule has 0 bridgehead atoms. The Morgan fingerprint density at radius 2 is 1.45 bits per heavy atom. The van der Waals surface area contributed by atoms with E-state index in [0.29, 0.717) is 12.1 Å². The molecule has 2 unspecified atom stereocenters. The van der Waals surface area contributed by atoms with Crippen LogP contribution in [0.3, 0.4) is 0 Å². The van der Waals surface area contributed by atoms with Gasteiger partial charge in [-0.05, 0) is 36.8 Å². The van der Waals surface area contributed by atoms with Gasteiger partial charge in [0.05, 0.1) is 15.8 Å². The maximum absolute atomic E-state index is 14.4. The Bertz CT molecular complexity index is 1070. The van der Waals surface area contributed by atoms with E-state index in [0.717, 1.165) is 6.92 Å². The second-order valence-electron chi connectivity index (χ2n) is 6.53. The van der Waals surface area contributed by atoms with E-state index in [1.54, 1.807) is 0 Å². The Morgan fingerprint density at radius 1 is 0.939 bits per heavy atom. The first-order chi connectivity index (χ1) is 14.8. The molecule has 0 heterocycles. The van der Waals surface area contributed by atoms with Gasteiger partial charge >= 0.3 is 18.5 Å². The average Bonchev–Trinajstić information content (AvgIpc) is 2.61. The molecule has 0 fully saturated rings. The molecule has 0 spiro atoms. The molecule has 0 aliphatic carbocycles. The molecular formula is C18H10ClF11O2S. The summed E-state index contributed by atoms with van der Waals surface area (Å²) in [5, 5.41) is -1.04. The zero-order valence-electron chi connectivity index (χ0n) is 15.9. The highest BCUT2D eigenvalue weighted by Gasteiger charge is 2.59. The number of alkyl halides is 9. The van der Waals surface area contributed by atoms with Crippen molar-refractivity contribution in [3.05, 3.63) is 46.5 Å². The van der Waals surface area contributed by atoms with Gasteiger partial charge in [-0.1, -0.05) is 11.6 Å². The summed E-state index contributed by atoms with van der Waals surface area (Å²) in [7, 11) is -2.77. The van der Waals surface area contributed by atoms with Crippen LogP contribution in [0.25, 0.3) is 11.1 Å². The molecule has 0 amide bonds. The van der Waals surface area contributed by atoms with E-state index in [-0.39, 0.29) is 17.7 Å². The largest absolute Gasteiger partial charge is 0.439 e. The van der Waals surface area contributed by atoms with Crippen LogP contribution in [-0.4, -0.2) is 34.6 Å². The fourth-order valence-electron chi connectivity index (χ4n) is 2.53. The first kappa shape index (κ1) is 27.2. The zero-order valence-corrected chi connectivity index (χ0v) is 17.4. The fraction of sp³-hybridized carbons (Fsp3) is 0.333. The zero-order chi connectivity index (χ0) is 25.5. The highest BCUT2D eigenvalue weighted by molar-refractivity contribution is 7.85. The third kappa shape index (κ3) is 6.49. The Hall–Kier alpha value is -2.09. The van der Waals surface area contributed by atoms with Crippen molar-refractivity contribution in [3.63, 3.8) is 0 Å². The van der Waals surface area contributed by atoms with Crippen molar-refractivity contribution in [1.82, 2.24) is 0 Å². The fourth-order valence-corrected chi connectivity index (χ4v) is 3.84. The van der Waals surface area contributed by atoms with E-state index in [4.69, 9.17) is 11.6 Å². The summed E-state index contributed by atoms with van der Waals surface area (Å²) in [4.78, 5) is -0.577. The van der Waals surface area contributed by atoms with Crippen molar-refractivity contribution in [2.45, 2.75) is 36.5 Å². The molecule has 0 saturated carbocycles. The number of benzene rings is 2. The van der Waals surface area contributed by atoms with Gasteiger partial charge < -0.3 is 4.74 Å². The van der Waals surface area contributed by atoms with E-state index >= 15 is 0 Å². The van der Waals surface area contributed by atoms with Gasteiger partial charge in [-0.15, -0.1) is 0 Å². The monoisotopic (exact) mass is 534 g/mol. The highest BCUT2D eigenvalue weighted by Crippen LogP contribution is 2.41. The van der Waals surface area contributed by atoms with Crippen LogP contribution in [0.5, 0.6) is 5.75 Å². The quantitative estimate of drug-likeness (QED) is 0.368. The van der Waals surface area contributed by atoms with Crippen LogP contribution in [0.2, 0.25) is 5.02 Å². The summed E-state index contributed by atoms with van der Waals surface area (Å²) < 4.78 is 159. The molecule has 0 aromatic heterocycles. The smallest absolute Gasteiger partial charge is 0.429 e. The summed E-state index contributed by atoms with van der Waals surface area (Å²) in [6.07, 6.45) is -21.3. The average molecular weight is 535 g/mol. The van der Waals surface area contributed by atoms with Crippen molar-refractivity contribution in [1.29, 1.82) is 0 Å². The number of rotatable bonds is 6. The first-order valence-corrected chi connectivity index (χ1v) is 10.1. The lowest BCUT2D eigenvalue weighted by atomic mass is 10.0. The maximum Gasteiger partial charge on any atom is 0.439 e. The second-order valence-corrected chi connectivity index (χ2v) is 8.36. The Morgan fingerprint density at radius 3 is 1.97 bits per heavy atom. The first-order valence-electron chi connectivity index (χ1n) is 8.36. The van der Waals surface area contributed by atoms with E-state index in [1.165, 1.54) is 0 Å². The third-order valence-electron chi connectivity index (χ3n) is 3.94. The molecule has 2 atom stereocenters. The second kappa shape index (κ2) is 9.28. The molecule has 2 nitrogen and oxygen atoms in total. The number of ether oxygens (including phenoxy) is 1. The van der Waals surface area contributed by atoms with Gasteiger partial charge in [0.25, 0.3) is 6.17 Å². The van der Waals surface area contributed by atoms with Gasteiger partial charge in [-0.25, -0.2) is 13.2 Å². The third-order valence-corrected chi connectivity index (χ3v) is 5.76. The van der Waals surface area contributed by atoms with Gasteiger partial charge in [0, 0.05) is 16.0 Å². The van der Waals surface area contributed by atoms with Gasteiger partial charge in [0.1, 0.15) is 23.1 Å². The lowest BCUT2D eigenvalue weighted by molar-refractivity contribution is -0.304. The van der Waals surface area contributed by atoms with Crippen LogP contribution in [0.15, 0.2) is 29.2 Å². The maximum atomic E-state index is 14.4. The molecule has 0 radical (unpaired) electrons. The molecule has 33 heavy (non-hydrogen) atoms. The summed E-state index contributed by atoms with van der Waals surface area (Å²) in [6.45, 7) is 1.10. The van der Waals surface area contributed by atoms with Crippen LogP contribution in [0, 0.1) is 18.6 Å². The Labute approximate surface area is 185 Å². The Kier molecular flexibility index (Phi) is 7.63. The molecule has 0 aliphatic heterocycles. The summed E-state index contributed by atoms with van der Waals surface area (Å²) >= 11 is 5.46. The lowest BCUT2D eigenvalue weighted by Gasteiger charge is -2.24. The minimum atomic E-state index is -6.04. The van der Waals surface area contributed by atoms with Crippen molar-refractivity contribution in [2.75, 3.05) is 5.75 Å². The van der Waals surface area contributed by atoms with Crippen molar-refractivity contribution in [3.8, 4) is 16.9 Å². The van der Waals surface area contributed by atoms with Crippen LogP contribution >= 0.6 is 11.6 Å². The minimum Gasteiger partial charge on any atom is -0.429 e. The molecular weight excluding hydrogens is 525 g/mol. The van der Waals surface area contributed by atoms with E-state index < -0.39 is 79.6 Å². The van der Waals surface area contributed by atoms with Gasteiger partial charge in [-0.3, -0.25) is 4.21 Å². The van der Waals surface area contributed by atoms with E-state index in [1.807, 2.05) is 0 Å². The lowest BCUT2D eigenvalue weighted by Crippen LogP contribution is -2.45.